The molecule has 0 radical (unpaired) electrons. The van der Waals surface area contributed by atoms with E-state index in [0.717, 1.165) is 11.4 Å². The summed E-state index contributed by atoms with van der Waals surface area (Å²) >= 11 is 2.39. The maximum atomic E-state index is 5.41. The molecule has 1 aromatic heterocycles. The lowest BCUT2D eigenvalue weighted by Crippen LogP contribution is -2.21. The van der Waals surface area contributed by atoms with Gasteiger partial charge in [-0.2, -0.15) is 0 Å². The van der Waals surface area contributed by atoms with Crippen LogP contribution in [0.15, 0.2) is 36.5 Å². The standard InChI is InChI=1S/C15H17IN2O/c1-10-6-4-7-11(13(10)16)14(17-2)15-12(19-3)8-5-9-18-15/h4-9,14,17H,1-3H3. The first kappa shape index (κ1) is 14.3. The topological polar surface area (TPSA) is 34.2 Å². The minimum atomic E-state index is 0.0305. The Bertz CT molecular complexity index is 572. The molecule has 0 bridgehead atoms. The van der Waals surface area contributed by atoms with Crippen LogP contribution in [0.25, 0.3) is 0 Å². The molecule has 4 heteroatoms. The molecule has 2 aromatic rings. The summed E-state index contributed by atoms with van der Waals surface area (Å²) in [5.41, 5.74) is 3.41. The summed E-state index contributed by atoms with van der Waals surface area (Å²) in [6.45, 7) is 2.12. The molecule has 1 N–H and O–H groups in total. The summed E-state index contributed by atoms with van der Waals surface area (Å²) in [6.07, 6.45) is 1.80. The van der Waals surface area contributed by atoms with Crippen LogP contribution in [-0.4, -0.2) is 19.1 Å². The Morgan fingerprint density at radius 2 is 2.05 bits per heavy atom. The average Bonchev–Trinajstić information content (AvgIpc) is 2.45. The third kappa shape index (κ3) is 2.90. The Balaban J connectivity index is 2.53. The molecule has 0 fully saturated rings. The number of benzene rings is 1. The Morgan fingerprint density at radius 1 is 1.26 bits per heavy atom. The van der Waals surface area contributed by atoms with E-state index in [2.05, 4.69) is 58.0 Å². The molecule has 0 aliphatic rings. The van der Waals surface area contributed by atoms with Crippen molar-refractivity contribution in [1.29, 1.82) is 0 Å². The largest absolute Gasteiger partial charge is 0.495 e. The van der Waals surface area contributed by atoms with Crippen molar-refractivity contribution >= 4 is 22.6 Å². The third-order valence-electron chi connectivity index (χ3n) is 3.11. The smallest absolute Gasteiger partial charge is 0.142 e. The molecule has 1 unspecified atom stereocenters. The summed E-state index contributed by atoms with van der Waals surface area (Å²) in [7, 11) is 3.62. The molecule has 19 heavy (non-hydrogen) atoms. The van der Waals surface area contributed by atoms with Crippen molar-refractivity contribution in [3.05, 3.63) is 56.9 Å². The highest BCUT2D eigenvalue weighted by molar-refractivity contribution is 14.1. The lowest BCUT2D eigenvalue weighted by Gasteiger charge is -2.20. The average molecular weight is 368 g/mol. The Kier molecular flexibility index (Phi) is 4.76. The first-order chi connectivity index (χ1) is 9.19. The molecule has 1 aromatic carbocycles. The number of ether oxygens (including phenoxy) is 1. The van der Waals surface area contributed by atoms with Crippen molar-refractivity contribution in [3.8, 4) is 5.75 Å². The zero-order chi connectivity index (χ0) is 13.8. The van der Waals surface area contributed by atoms with Crippen molar-refractivity contribution in [1.82, 2.24) is 10.3 Å². The SMILES string of the molecule is CNC(c1cccc(C)c1I)c1ncccc1OC. The van der Waals surface area contributed by atoms with Crippen molar-refractivity contribution < 1.29 is 4.74 Å². The van der Waals surface area contributed by atoms with Gasteiger partial charge in [0.2, 0.25) is 0 Å². The van der Waals surface area contributed by atoms with Crippen molar-refractivity contribution in [2.45, 2.75) is 13.0 Å². The number of hydrogen-bond acceptors (Lipinski definition) is 3. The van der Waals surface area contributed by atoms with Gasteiger partial charge in [0.1, 0.15) is 11.4 Å². The van der Waals surface area contributed by atoms with E-state index in [9.17, 15) is 0 Å². The number of aryl methyl sites for hydroxylation is 1. The number of pyridine rings is 1. The molecule has 0 aliphatic heterocycles. The summed E-state index contributed by atoms with van der Waals surface area (Å²) in [6, 6.07) is 10.2. The number of aromatic nitrogens is 1. The molecule has 0 saturated carbocycles. The van der Waals surface area contributed by atoms with Gasteiger partial charge in [-0.05, 0) is 59.8 Å². The number of methoxy groups -OCH3 is 1. The van der Waals surface area contributed by atoms with Gasteiger partial charge in [0.25, 0.3) is 0 Å². The van der Waals surface area contributed by atoms with E-state index in [-0.39, 0.29) is 6.04 Å². The molecule has 0 spiro atoms. The van der Waals surface area contributed by atoms with Crippen LogP contribution in [0.1, 0.15) is 22.9 Å². The molecule has 0 amide bonds. The molecule has 2 rings (SSSR count). The van der Waals surface area contributed by atoms with Gasteiger partial charge in [-0.1, -0.05) is 18.2 Å². The second-order valence-corrected chi connectivity index (χ2v) is 5.37. The van der Waals surface area contributed by atoms with Gasteiger partial charge >= 0.3 is 0 Å². The van der Waals surface area contributed by atoms with Crippen LogP contribution in [0.2, 0.25) is 0 Å². The van der Waals surface area contributed by atoms with Gasteiger partial charge in [0, 0.05) is 9.77 Å². The Hall–Kier alpha value is -1.14. The number of rotatable bonds is 4. The summed E-state index contributed by atoms with van der Waals surface area (Å²) < 4.78 is 6.67. The highest BCUT2D eigenvalue weighted by Crippen LogP contribution is 2.31. The first-order valence-electron chi connectivity index (χ1n) is 6.10. The second-order valence-electron chi connectivity index (χ2n) is 4.29. The highest BCUT2D eigenvalue weighted by Gasteiger charge is 2.20. The fourth-order valence-electron chi connectivity index (χ4n) is 2.12. The van der Waals surface area contributed by atoms with Gasteiger partial charge < -0.3 is 10.1 Å². The van der Waals surface area contributed by atoms with E-state index >= 15 is 0 Å². The number of hydrogen-bond donors (Lipinski definition) is 1. The highest BCUT2D eigenvalue weighted by atomic mass is 127. The molecular formula is C15H17IN2O. The van der Waals surface area contributed by atoms with Crippen molar-refractivity contribution in [2.24, 2.45) is 0 Å². The van der Waals surface area contributed by atoms with Crippen LogP contribution in [0, 0.1) is 10.5 Å². The lowest BCUT2D eigenvalue weighted by atomic mass is 10.0. The molecule has 3 nitrogen and oxygen atoms in total. The quantitative estimate of drug-likeness (QED) is 0.841. The van der Waals surface area contributed by atoms with Gasteiger partial charge in [-0.3, -0.25) is 4.98 Å². The molecular weight excluding hydrogens is 351 g/mol. The van der Waals surface area contributed by atoms with Crippen LogP contribution >= 0.6 is 22.6 Å². The van der Waals surface area contributed by atoms with E-state index in [4.69, 9.17) is 4.74 Å². The van der Waals surface area contributed by atoms with Gasteiger partial charge in [-0.25, -0.2) is 0 Å². The summed E-state index contributed by atoms with van der Waals surface area (Å²) in [5, 5.41) is 3.33. The van der Waals surface area contributed by atoms with E-state index in [0.29, 0.717) is 0 Å². The number of nitrogens with one attached hydrogen (secondary N) is 1. The molecule has 0 saturated heterocycles. The second kappa shape index (κ2) is 6.34. The maximum absolute atomic E-state index is 5.41. The predicted molar refractivity (Wildman–Crippen MR) is 85.6 cm³/mol. The van der Waals surface area contributed by atoms with Crippen molar-refractivity contribution in [2.75, 3.05) is 14.2 Å². The summed E-state index contributed by atoms with van der Waals surface area (Å²) in [4.78, 5) is 4.48. The van der Waals surface area contributed by atoms with Crippen LogP contribution < -0.4 is 10.1 Å². The normalized spacial score (nSPS) is 12.2. The number of halogens is 1. The lowest BCUT2D eigenvalue weighted by molar-refractivity contribution is 0.401. The van der Waals surface area contributed by atoms with Gasteiger partial charge in [-0.15, -0.1) is 0 Å². The maximum Gasteiger partial charge on any atom is 0.142 e. The van der Waals surface area contributed by atoms with Crippen LogP contribution in [0.3, 0.4) is 0 Å². The predicted octanol–water partition coefficient (Wildman–Crippen LogP) is 3.31. The fraction of sp³-hybridized carbons (Fsp3) is 0.267. The van der Waals surface area contributed by atoms with Crippen LogP contribution in [-0.2, 0) is 0 Å². The molecule has 1 heterocycles. The van der Waals surface area contributed by atoms with Gasteiger partial charge in [0.15, 0.2) is 0 Å². The molecule has 1 atom stereocenters. The zero-order valence-corrected chi connectivity index (χ0v) is 13.4. The molecule has 0 aliphatic carbocycles. The first-order valence-corrected chi connectivity index (χ1v) is 7.18. The van der Waals surface area contributed by atoms with E-state index in [1.807, 2.05) is 19.2 Å². The number of nitrogens with zero attached hydrogens (tertiary/aromatic N) is 1. The van der Waals surface area contributed by atoms with Gasteiger partial charge in [0.05, 0.1) is 13.2 Å². The fourth-order valence-corrected chi connectivity index (χ4v) is 2.80. The third-order valence-corrected chi connectivity index (χ3v) is 4.59. The minimum absolute atomic E-state index is 0.0305. The van der Waals surface area contributed by atoms with Crippen LogP contribution in [0.5, 0.6) is 5.75 Å². The van der Waals surface area contributed by atoms with Crippen LogP contribution in [0.4, 0.5) is 0 Å². The summed E-state index contributed by atoms with van der Waals surface area (Å²) in [5.74, 6) is 0.805. The Labute approximate surface area is 127 Å². The zero-order valence-electron chi connectivity index (χ0n) is 11.3. The van der Waals surface area contributed by atoms with E-state index < -0.39 is 0 Å². The Morgan fingerprint density at radius 3 is 2.74 bits per heavy atom. The minimum Gasteiger partial charge on any atom is -0.495 e. The van der Waals surface area contributed by atoms with E-state index in [1.54, 1.807) is 13.3 Å². The molecule has 100 valence electrons. The monoisotopic (exact) mass is 368 g/mol. The van der Waals surface area contributed by atoms with Crippen molar-refractivity contribution in [3.63, 3.8) is 0 Å². The van der Waals surface area contributed by atoms with E-state index in [1.165, 1.54) is 14.7 Å².